The van der Waals surface area contributed by atoms with E-state index < -0.39 is 0 Å². The molecule has 0 unspecified atom stereocenters. The minimum atomic E-state index is 0.471. The van der Waals surface area contributed by atoms with E-state index in [1.807, 2.05) is 103 Å². The summed E-state index contributed by atoms with van der Waals surface area (Å²) in [5, 5.41) is 6.12. The first kappa shape index (κ1) is 35.0. The lowest BCUT2D eigenvalue weighted by atomic mass is 10.0. The molecule has 0 bridgehead atoms. The largest absolute Gasteiger partial charge is 0.456 e. The Balaban J connectivity index is 0.997. The van der Waals surface area contributed by atoms with E-state index in [-0.39, 0.29) is 0 Å². The maximum absolute atomic E-state index is 6.61. The Morgan fingerprint density at radius 1 is 0.317 bits per heavy atom. The van der Waals surface area contributed by atoms with Crippen LogP contribution in [0.5, 0.6) is 0 Å². The predicted octanol–water partition coefficient (Wildman–Crippen LogP) is 14.4. The molecule has 0 radical (unpaired) electrons. The lowest BCUT2D eigenvalue weighted by molar-refractivity contribution is 0.619. The minimum Gasteiger partial charge on any atom is -0.456 e. The summed E-state index contributed by atoms with van der Waals surface area (Å²) in [7, 11) is 0. The molecule has 8 heteroatoms. The van der Waals surface area contributed by atoms with Gasteiger partial charge in [-0.3, -0.25) is 0 Å². The maximum atomic E-state index is 6.61. The Hall–Kier alpha value is -8.75. The number of benzene rings is 9. The molecular formula is C55H31N5O3. The highest BCUT2D eigenvalue weighted by molar-refractivity contribution is 6.25. The lowest BCUT2D eigenvalue weighted by Crippen LogP contribution is -2.00. The highest BCUT2D eigenvalue weighted by Crippen LogP contribution is 2.41. The van der Waals surface area contributed by atoms with Crippen LogP contribution >= 0.6 is 0 Å². The van der Waals surface area contributed by atoms with Crippen LogP contribution in [-0.4, -0.2) is 24.9 Å². The molecule has 13 aromatic rings. The topological polar surface area (TPSA) is 104 Å². The van der Waals surface area contributed by atoms with Crippen LogP contribution in [0.3, 0.4) is 0 Å². The molecule has 0 N–H and O–H groups in total. The third-order valence-corrected chi connectivity index (χ3v) is 11.8. The van der Waals surface area contributed by atoms with Crippen LogP contribution in [0.1, 0.15) is 0 Å². The third kappa shape index (κ3) is 5.88. The number of para-hydroxylation sites is 1. The zero-order chi connectivity index (χ0) is 41.4. The molecule has 9 aromatic carbocycles. The third-order valence-electron chi connectivity index (χ3n) is 11.8. The number of furan rings is 1. The van der Waals surface area contributed by atoms with E-state index in [2.05, 4.69) is 84.9 Å². The van der Waals surface area contributed by atoms with E-state index >= 15 is 0 Å². The van der Waals surface area contributed by atoms with Gasteiger partial charge >= 0.3 is 0 Å². The molecule has 0 aliphatic rings. The SMILES string of the molecule is c1ccc(-c2ccc(-c3nc(-c4ccc5ccc6oc7ccc8oc(-c9ccccc9)nc8c7c6c5c4)nc(-c4cccc5nc(-c6ccc7ccccc7c6)oc45)n3)cc2)cc1. The van der Waals surface area contributed by atoms with Crippen molar-refractivity contribution in [2.45, 2.75) is 0 Å². The molecule has 4 aromatic heterocycles. The fourth-order valence-corrected chi connectivity index (χ4v) is 8.67. The molecule has 0 saturated carbocycles. The molecule has 8 nitrogen and oxygen atoms in total. The Morgan fingerprint density at radius 2 is 0.921 bits per heavy atom. The Labute approximate surface area is 358 Å². The van der Waals surface area contributed by atoms with Crippen LogP contribution in [-0.2, 0) is 0 Å². The highest BCUT2D eigenvalue weighted by atomic mass is 16.4. The van der Waals surface area contributed by atoms with E-state index in [1.54, 1.807) is 0 Å². The van der Waals surface area contributed by atoms with Gasteiger partial charge in [-0.1, -0.05) is 127 Å². The number of nitrogens with zero attached hydrogens (tertiary/aromatic N) is 5. The molecule has 0 spiro atoms. The summed E-state index contributed by atoms with van der Waals surface area (Å²) < 4.78 is 19.4. The maximum Gasteiger partial charge on any atom is 0.227 e. The summed E-state index contributed by atoms with van der Waals surface area (Å²) in [5.41, 5.74) is 10.6. The van der Waals surface area contributed by atoms with Crippen LogP contribution < -0.4 is 0 Å². The van der Waals surface area contributed by atoms with Crippen molar-refractivity contribution in [2.75, 3.05) is 0 Å². The summed E-state index contributed by atoms with van der Waals surface area (Å²) in [6.45, 7) is 0. The van der Waals surface area contributed by atoms with Gasteiger partial charge < -0.3 is 13.3 Å². The molecule has 0 saturated heterocycles. The van der Waals surface area contributed by atoms with Gasteiger partial charge in [-0.2, -0.15) is 0 Å². The minimum absolute atomic E-state index is 0.471. The van der Waals surface area contributed by atoms with Gasteiger partial charge in [0.2, 0.25) is 11.8 Å². The summed E-state index contributed by atoms with van der Waals surface area (Å²) in [6, 6.07) is 63.3. The van der Waals surface area contributed by atoms with Crippen LogP contribution in [0.15, 0.2) is 201 Å². The highest BCUT2D eigenvalue weighted by Gasteiger charge is 2.21. The average molecular weight is 810 g/mol. The quantitative estimate of drug-likeness (QED) is 0.164. The van der Waals surface area contributed by atoms with Crippen LogP contribution in [0.2, 0.25) is 0 Å². The Bertz CT molecular complexity index is 3910. The van der Waals surface area contributed by atoms with Gasteiger partial charge in [0.05, 0.1) is 10.9 Å². The Morgan fingerprint density at radius 3 is 1.76 bits per heavy atom. The first-order valence-electron chi connectivity index (χ1n) is 20.7. The van der Waals surface area contributed by atoms with E-state index in [4.69, 9.17) is 38.2 Å². The second-order valence-corrected chi connectivity index (χ2v) is 15.6. The fourth-order valence-electron chi connectivity index (χ4n) is 8.67. The smallest absolute Gasteiger partial charge is 0.227 e. The van der Waals surface area contributed by atoms with Crippen LogP contribution in [0, 0.1) is 0 Å². The van der Waals surface area contributed by atoms with Gasteiger partial charge in [0.25, 0.3) is 0 Å². The molecule has 0 amide bonds. The predicted molar refractivity (Wildman–Crippen MR) is 250 cm³/mol. The summed E-state index contributed by atoms with van der Waals surface area (Å²) in [6.07, 6.45) is 0. The van der Waals surface area contributed by atoms with Crippen LogP contribution in [0.4, 0.5) is 0 Å². The first-order valence-corrected chi connectivity index (χ1v) is 20.7. The number of fused-ring (bicyclic) bond motifs is 9. The van der Waals surface area contributed by atoms with Gasteiger partial charge in [-0.25, -0.2) is 24.9 Å². The van der Waals surface area contributed by atoms with Crippen LogP contribution in [0.25, 0.3) is 134 Å². The average Bonchev–Trinajstić information content (AvgIpc) is 4.10. The fraction of sp³-hybridized carbons (Fsp3) is 0. The number of oxazole rings is 2. The molecular weight excluding hydrogens is 779 g/mol. The number of aromatic nitrogens is 5. The van der Waals surface area contributed by atoms with Crippen molar-refractivity contribution in [1.29, 1.82) is 0 Å². The van der Waals surface area contributed by atoms with Gasteiger partial charge in [-0.15, -0.1) is 0 Å². The zero-order valence-electron chi connectivity index (χ0n) is 33.4. The van der Waals surface area contributed by atoms with Crippen molar-refractivity contribution in [3.63, 3.8) is 0 Å². The molecule has 0 aliphatic heterocycles. The van der Waals surface area contributed by atoms with Crippen molar-refractivity contribution >= 4 is 65.7 Å². The van der Waals surface area contributed by atoms with Gasteiger partial charge in [-0.05, 0) is 93.3 Å². The summed E-state index contributed by atoms with van der Waals surface area (Å²) in [4.78, 5) is 25.5. The molecule has 4 heterocycles. The van der Waals surface area contributed by atoms with E-state index in [0.29, 0.717) is 51.5 Å². The molecule has 0 fully saturated rings. The van der Waals surface area contributed by atoms with Crippen molar-refractivity contribution in [3.05, 3.63) is 188 Å². The first-order chi connectivity index (χ1) is 31.2. The van der Waals surface area contributed by atoms with Gasteiger partial charge in [0.15, 0.2) is 28.6 Å². The number of hydrogen-bond donors (Lipinski definition) is 0. The number of rotatable bonds is 6. The standard InChI is InChI=1S/C55H31N5O3/c1-3-10-32(11-4-1)34-18-22-36(23-19-34)51-58-52(60-53(59-51)41-16-9-17-43-50(41)63-55(56-43)40-25-20-33-12-7-8-15-38(33)30-40)39-24-21-35-26-27-44-47(42(35)31-39)48-45(61-44)28-29-46-49(48)57-54(62-46)37-13-5-2-6-14-37/h1-31H. The molecule has 13 rings (SSSR count). The zero-order valence-corrected chi connectivity index (χ0v) is 33.4. The lowest BCUT2D eigenvalue weighted by Gasteiger charge is -2.10. The van der Waals surface area contributed by atoms with E-state index in [9.17, 15) is 0 Å². The van der Waals surface area contributed by atoms with Crippen molar-refractivity contribution in [2.24, 2.45) is 0 Å². The van der Waals surface area contributed by atoms with Crippen molar-refractivity contribution in [1.82, 2.24) is 24.9 Å². The monoisotopic (exact) mass is 809 g/mol. The Kier molecular flexibility index (Phi) is 7.74. The van der Waals surface area contributed by atoms with Gasteiger partial charge in [0.1, 0.15) is 22.2 Å². The summed E-state index contributed by atoms with van der Waals surface area (Å²) >= 11 is 0. The normalized spacial score (nSPS) is 11.8. The second-order valence-electron chi connectivity index (χ2n) is 15.6. The van der Waals surface area contributed by atoms with Gasteiger partial charge in [0, 0.05) is 27.6 Å². The second kappa shape index (κ2) is 13.9. The number of hydrogen-bond acceptors (Lipinski definition) is 8. The van der Waals surface area contributed by atoms with E-state index in [1.165, 1.54) is 0 Å². The summed E-state index contributed by atoms with van der Waals surface area (Å²) in [5.74, 6) is 2.60. The van der Waals surface area contributed by atoms with Crippen molar-refractivity contribution in [3.8, 4) is 68.2 Å². The molecule has 63 heavy (non-hydrogen) atoms. The molecule has 0 aliphatic carbocycles. The van der Waals surface area contributed by atoms with E-state index in [0.717, 1.165) is 82.4 Å². The molecule has 0 atom stereocenters. The molecule has 294 valence electrons. The van der Waals surface area contributed by atoms with Crippen molar-refractivity contribution < 1.29 is 13.3 Å².